The van der Waals surface area contributed by atoms with Crippen molar-refractivity contribution in [3.63, 3.8) is 0 Å². The number of ether oxygens (including phenoxy) is 1. The fourth-order valence-corrected chi connectivity index (χ4v) is 3.08. The predicted molar refractivity (Wildman–Crippen MR) is 111 cm³/mol. The number of para-hydroxylation sites is 1. The van der Waals surface area contributed by atoms with Gasteiger partial charge in [0.05, 0.1) is 22.4 Å². The van der Waals surface area contributed by atoms with E-state index < -0.39 is 30.3 Å². The number of hydrogen-bond acceptors (Lipinski definition) is 5. The van der Waals surface area contributed by atoms with Gasteiger partial charge < -0.3 is 10.1 Å². The molecule has 30 heavy (non-hydrogen) atoms. The molecule has 1 aliphatic rings. The number of fused-ring (bicyclic) bond motifs is 1. The van der Waals surface area contributed by atoms with Crippen LogP contribution in [0.3, 0.4) is 0 Å². The smallest absolute Gasteiger partial charge is 0.338 e. The van der Waals surface area contributed by atoms with Crippen LogP contribution in [-0.4, -0.2) is 36.3 Å². The van der Waals surface area contributed by atoms with Crippen LogP contribution in [0.2, 0.25) is 0 Å². The molecule has 7 nitrogen and oxygen atoms in total. The van der Waals surface area contributed by atoms with Crippen molar-refractivity contribution in [1.29, 1.82) is 0 Å². The van der Waals surface area contributed by atoms with E-state index in [0.717, 1.165) is 10.5 Å². The number of nitrogens with zero attached hydrogens (tertiary/aromatic N) is 1. The molecule has 0 aromatic heterocycles. The van der Waals surface area contributed by atoms with Crippen LogP contribution in [0.25, 0.3) is 0 Å². The second-order valence-corrected chi connectivity index (χ2v) is 7.67. The Morgan fingerprint density at radius 2 is 1.67 bits per heavy atom. The number of benzene rings is 2. The minimum absolute atomic E-state index is 0.0488. The Kier molecular flexibility index (Phi) is 6.01. The third-order valence-electron chi connectivity index (χ3n) is 5.20. The normalized spacial score (nSPS) is 14.0. The summed E-state index contributed by atoms with van der Waals surface area (Å²) in [6, 6.07) is 11.2. The third-order valence-corrected chi connectivity index (χ3v) is 5.20. The molecule has 0 bridgehead atoms. The number of aryl methyl sites for hydroxylation is 1. The summed E-state index contributed by atoms with van der Waals surface area (Å²) < 4.78 is 5.06. The Hall–Kier alpha value is -3.48. The van der Waals surface area contributed by atoms with Gasteiger partial charge in [-0.3, -0.25) is 14.4 Å². The van der Waals surface area contributed by atoms with Gasteiger partial charge in [0.2, 0.25) is 0 Å². The van der Waals surface area contributed by atoms with Gasteiger partial charge in [-0.25, -0.2) is 9.69 Å². The Balaban J connectivity index is 1.74. The van der Waals surface area contributed by atoms with Crippen LogP contribution in [0.1, 0.15) is 57.4 Å². The average molecular weight is 408 g/mol. The van der Waals surface area contributed by atoms with Crippen LogP contribution in [0.4, 0.5) is 5.69 Å². The minimum Gasteiger partial charge on any atom is -0.452 e. The molecule has 1 atom stereocenters. The van der Waals surface area contributed by atoms with Crippen LogP contribution in [0, 0.1) is 12.8 Å². The van der Waals surface area contributed by atoms with Gasteiger partial charge >= 0.3 is 5.97 Å². The Bertz CT molecular complexity index is 1030. The number of nitrogens with one attached hydrogen (secondary N) is 1. The number of esters is 1. The molecule has 0 fully saturated rings. The Morgan fingerprint density at radius 3 is 2.33 bits per heavy atom. The van der Waals surface area contributed by atoms with E-state index in [0.29, 0.717) is 5.69 Å². The molecule has 2 aromatic carbocycles. The first-order valence-electron chi connectivity index (χ1n) is 9.75. The predicted octanol–water partition coefficient (Wildman–Crippen LogP) is 3.11. The quantitative estimate of drug-likeness (QED) is 0.586. The van der Waals surface area contributed by atoms with Crippen molar-refractivity contribution in [2.45, 2.75) is 33.7 Å². The maximum atomic E-state index is 12.9. The minimum atomic E-state index is -0.736. The van der Waals surface area contributed by atoms with Crippen molar-refractivity contribution in [2.75, 3.05) is 11.5 Å². The number of rotatable bonds is 6. The highest BCUT2D eigenvalue weighted by atomic mass is 16.5. The van der Waals surface area contributed by atoms with Crippen molar-refractivity contribution in [3.05, 3.63) is 64.7 Å². The highest BCUT2D eigenvalue weighted by Crippen LogP contribution is 2.31. The lowest BCUT2D eigenvalue weighted by Crippen LogP contribution is -2.38. The van der Waals surface area contributed by atoms with E-state index in [4.69, 9.17) is 4.74 Å². The zero-order valence-electron chi connectivity index (χ0n) is 17.4. The maximum absolute atomic E-state index is 12.9. The highest BCUT2D eigenvalue weighted by molar-refractivity contribution is 6.34. The zero-order chi connectivity index (χ0) is 22.0. The van der Waals surface area contributed by atoms with Crippen molar-refractivity contribution in [3.8, 4) is 0 Å². The number of imide groups is 1. The first-order valence-corrected chi connectivity index (χ1v) is 9.75. The SMILES string of the molecule is Cc1ccccc1N1C(=O)c2ccc(C(=O)OCC(=O)N[C@H](C)C(C)C)cc2C1=O. The summed E-state index contributed by atoms with van der Waals surface area (Å²) in [5.74, 6) is -1.82. The van der Waals surface area contributed by atoms with Gasteiger partial charge in [0.15, 0.2) is 6.61 Å². The van der Waals surface area contributed by atoms with Gasteiger partial charge in [0.1, 0.15) is 0 Å². The summed E-state index contributed by atoms with van der Waals surface area (Å²) in [5.41, 5.74) is 1.75. The maximum Gasteiger partial charge on any atom is 0.338 e. The van der Waals surface area contributed by atoms with Crippen LogP contribution in [-0.2, 0) is 9.53 Å². The van der Waals surface area contributed by atoms with Crippen LogP contribution in [0.15, 0.2) is 42.5 Å². The van der Waals surface area contributed by atoms with E-state index in [1.807, 2.05) is 39.8 Å². The third kappa shape index (κ3) is 4.10. The fourth-order valence-electron chi connectivity index (χ4n) is 3.08. The van der Waals surface area contributed by atoms with Crippen molar-refractivity contribution in [1.82, 2.24) is 5.32 Å². The van der Waals surface area contributed by atoms with Crippen LogP contribution < -0.4 is 10.2 Å². The first kappa shape index (κ1) is 21.2. The molecule has 1 heterocycles. The summed E-state index contributed by atoms with van der Waals surface area (Å²) in [7, 11) is 0. The van der Waals surface area contributed by atoms with Gasteiger partial charge in [-0.2, -0.15) is 0 Å². The van der Waals surface area contributed by atoms with E-state index in [2.05, 4.69) is 5.32 Å². The van der Waals surface area contributed by atoms with Crippen molar-refractivity contribution in [2.24, 2.45) is 5.92 Å². The van der Waals surface area contributed by atoms with Gasteiger partial charge in [-0.1, -0.05) is 32.0 Å². The second kappa shape index (κ2) is 8.49. The van der Waals surface area contributed by atoms with E-state index >= 15 is 0 Å². The lowest BCUT2D eigenvalue weighted by Gasteiger charge is -2.17. The van der Waals surface area contributed by atoms with Crippen LogP contribution >= 0.6 is 0 Å². The molecule has 0 spiro atoms. The molecule has 1 N–H and O–H groups in total. The Labute approximate surface area is 175 Å². The molecule has 156 valence electrons. The standard InChI is InChI=1S/C23H24N2O5/c1-13(2)15(4)24-20(26)12-30-23(29)16-9-10-17-18(11-16)22(28)25(21(17)27)19-8-6-5-7-14(19)3/h5-11,13,15H,12H2,1-4H3,(H,24,26)/t15-/m1/s1. The van der Waals surface area contributed by atoms with Gasteiger partial charge in [-0.05, 0) is 49.6 Å². The van der Waals surface area contributed by atoms with Gasteiger partial charge in [-0.15, -0.1) is 0 Å². The molecule has 3 amide bonds. The summed E-state index contributed by atoms with van der Waals surface area (Å²) in [6.45, 7) is 7.20. The van der Waals surface area contributed by atoms with E-state index in [1.165, 1.54) is 18.2 Å². The largest absolute Gasteiger partial charge is 0.452 e. The molecule has 2 aromatic rings. The Morgan fingerprint density at radius 1 is 1.00 bits per heavy atom. The molecule has 7 heteroatoms. The topological polar surface area (TPSA) is 92.8 Å². The number of anilines is 1. The summed E-state index contributed by atoms with van der Waals surface area (Å²) in [6.07, 6.45) is 0. The molecule has 0 saturated heterocycles. The zero-order valence-corrected chi connectivity index (χ0v) is 17.4. The molecule has 3 rings (SSSR count). The van der Waals surface area contributed by atoms with E-state index in [1.54, 1.807) is 12.1 Å². The molecular weight excluding hydrogens is 384 g/mol. The summed E-state index contributed by atoms with van der Waals surface area (Å²) >= 11 is 0. The lowest BCUT2D eigenvalue weighted by atomic mass is 10.1. The van der Waals surface area contributed by atoms with Crippen LogP contribution in [0.5, 0.6) is 0 Å². The average Bonchev–Trinajstić information content (AvgIpc) is 2.96. The molecular formula is C23H24N2O5. The van der Waals surface area contributed by atoms with Gasteiger partial charge in [0, 0.05) is 6.04 Å². The number of carbonyl (C=O) groups is 4. The van der Waals surface area contributed by atoms with E-state index in [-0.39, 0.29) is 28.7 Å². The number of carbonyl (C=O) groups excluding carboxylic acids is 4. The lowest BCUT2D eigenvalue weighted by molar-refractivity contribution is -0.125. The monoisotopic (exact) mass is 408 g/mol. The molecule has 0 saturated carbocycles. The van der Waals surface area contributed by atoms with E-state index in [9.17, 15) is 19.2 Å². The second-order valence-electron chi connectivity index (χ2n) is 7.67. The van der Waals surface area contributed by atoms with Crippen molar-refractivity contribution < 1.29 is 23.9 Å². The molecule has 0 aliphatic carbocycles. The fraction of sp³-hybridized carbons (Fsp3) is 0.304. The van der Waals surface area contributed by atoms with Crippen molar-refractivity contribution >= 4 is 29.4 Å². The summed E-state index contributed by atoms with van der Waals surface area (Å²) in [4.78, 5) is 51.0. The van der Waals surface area contributed by atoms with Gasteiger partial charge in [0.25, 0.3) is 17.7 Å². The number of amides is 3. The highest BCUT2D eigenvalue weighted by Gasteiger charge is 2.37. The molecule has 1 aliphatic heterocycles. The number of hydrogen-bond donors (Lipinski definition) is 1. The summed E-state index contributed by atoms with van der Waals surface area (Å²) in [5, 5.41) is 2.75. The molecule has 0 radical (unpaired) electrons. The molecule has 0 unspecified atom stereocenters. The first-order chi connectivity index (χ1) is 14.2.